The quantitative estimate of drug-likeness (QED) is 0.726. The lowest BCUT2D eigenvalue weighted by Gasteiger charge is -2.08. The second-order valence-corrected chi connectivity index (χ2v) is 3.16. The van der Waals surface area contributed by atoms with E-state index in [1.165, 1.54) is 13.0 Å². The summed E-state index contributed by atoms with van der Waals surface area (Å²) in [6.07, 6.45) is 0. The predicted molar refractivity (Wildman–Crippen MR) is 52.6 cm³/mol. The second-order valence-electron chi connectivity index (χ2n) is 2.75. The summed E-state index contributed by atoms with van der Waals surface area (Å²) in [4.78, 5) is 11.1. The minimum Gasteiger partial charge on any atom is -0.493 e. The fourth-order valence-electron chi connectivity index (χ4n) is 1.08. The van der Waals surface area contributed by atoms with Crippen molar-refractivity contribution in [3.8, 4) is 5.75 Å². The van der Waals surface area contributed by atoms with E-state index in [2.05, 4.69) is 0 Å². The smallest absolute Gasteiger partial charge is 0.163 e. The van der Waals surface area contributed by atoms with Crippen LogP contribution >= 0.6 is 11.6 Å². The van der Waals surface area contributed by atoms with Crippen molar-refractivity contribution in [2.45, 2.75) is 13.8 Å². The highest BCUT2D eigenvalue weighted by atomic mass is 35.5. The molecule has 0 aliphatic rings. The summed E-state index contributed by atoms with van der Waals surface area (Å²) in [6, 6.07) is 2.41. The van der Waals surface area contributed by atoms with E-state index in [-0.39, 0.29) is 16.6 Å². The third-order valence-corrected chi connectivity index (χ3v) is 1.99. The molecule has 14 heavy (non-hydrogen) atoms. The van der Waals surface area contributed by atoms with Gasteiger partial charge in [0.05, 0.1) is 17.2 Å². The minimum absolute atomic E-state index is 0.0707. The standard InChI is InChI=1S/C10H10ClFO2/c1-3-14-10-5-9(12)8(11)4-7(10)6(2)13/h4-5H,3H2,1-2H3. The van der Waals surface area contributed by atoms with Crippen molar-refractivity contribution in [1.29, 1.82) is 0 Å². The molecule has 0 aliphatic carbocycles. The molecule has 0 saturated carbocycles. The molecule has 0 heterocycles. The summed E-state index contributed by atoms with van der Waals surface area (Å²) >= 11 is 5.55. The van der Waals surface area contributed by atoms with Gasteiger partial charge in [-0.3, -0.25) is 4.79 Å². The van der Waals surface area contributed by atoms with E-state index in [1.54, 1.807) is 6.92 Å². The number of halogens is 2. The third kappa shape index (κ3) is 2.23. The van der Waals surface area contributed by atoms with Crippen molar-refractivity contribution in [2.24, 2.45) is 0 Å². The summed E-state index contributed by atoms with van der Waals surface area (Å²) in [7, 11) is 0. The third-order valence-electron chi connectivity index (χ3n) is 1.70. The van der Waals surface area contributed by atoms with Gasteiger partial charge in [-0.2, -0.15) is 0 Å². The maximum Gasteiger partial charge on any atom is 0.163 e. The van der Waals surface area contributed by atoms with Crippen LogP contribution in [0.25, 0.3) is 0 Å². The first-order valence-corrected chi connectivity index (χ1v) is 4.56. The Morgan fingerprint density at radius 3 is 2.71 bits per heavy atom. The molecule has 0 fully saturated rings. The van der Waals surface area contributed by atoms with Crippen LogP contribution in [-0.4, -0.2) is 12.4 Å². The van der Waals surface area contributed by atoms with Crippen molar-refractivity contribution < 1.29 is 13.9 Å². The highest BCUT2D eigenvalue weighted by molar-refractivity contribution is 6.31. The molecular formula is C10H10ClFO2. The van der Waals surface area contributed by atoms with Gasteiger partial charge in [-0.25, -0.2) is 4.39 Å². The molecule has 0 saturated heterocycles. The van der Waals surface area contributed by atoms with E-state index >= 15 is 0 Å². The Kier molecular flexibility index (Phi) is 3.47. The fraction of sp³-hybridized carbons (Fsp3) is 0.300. The molecule has 0 aromatic heterocycles. The van der Waals surface area contributed by atoms with Crippen LogP contribution in [0.5, 0.6) is 5.75 Å². The van der Waals surface area contributed by atoms with Crippen molar-refractivity contribution in [3.05, 3.63) is 28.5 Å². The van der Waals surface area contributed by atoms with Crippen LogP contribution < -0.4 is 4.74 Å². The lowest BCUT2D eigenvalue weighted by atomic mass is 10.1. The van der Waals surface area contributed by atoms with Gasteiger partial charge in [0.1, 0.15) is 11.6 Å². The highest BCUT2D eigenvalue weighted by Gasteiger charge is 2.12. The van der Waals surface area contributed by atoms with E-state index < -0.39 is 5.82 Å². The first-order chi connectivity index (χ1) is 6.56. The van der Waals surface area contributed by atoms with E-state index in [0.29, 0.717) is 12.2 Å². The van der Waals surface area contributed by atoms with E-state index in [9.17, 15) is 9.18 Å². The van der Waals surface area contributed by atoms with Crippen LogP contribution in [0, 0.1) is 5.82 Å². The molecule has 2 nitrogen and oxygen atoms in total. The van der Waals surface area contributed by atoms with Gasteiger partial charge >= 0.3 is 0 Å². The molecule has 1 aromatic carbocycles. The van der Waals surface area contributed by atoms with Gasteiger partial charge in [0.25, 0.3) is 0 Å². The zero-order valence-electron chi connectivity index (χ0n) is 7.93. The van der Waals surface area contributed by atoms with Crippen molar-refractivity contribution in [1.82, 2.24) is 0 Å². The predicted octanol–water partition coefficient (Wildman–Crippen LogP) is 3.08. The maximum atomic E-state index is 13.0. The van der Waals surface area contributed by atoms with Crippen molar-refractivity contribution in [3.63, 3.8) is 0 Å². The maximum absolute atomic E-state index is 13.0. The number of benzene rings is 1. The van der Waals surface area contributed by atoms with E-state index in [1.807, 2.05) is 0 Å². The van der Waals surface area contributed by atoms with Gasteiger partial charge < -0.3 is 4.74 Å². The Hall–Kier alpha value is -1.09. The molecule has 76 valence electrons. The van der Waals surface area contributed by atoms with Gasteiger partial charge in [-0.15, -0.1) is 0 Å². The molecule has 0 N–H and O–H groups in total. The average Bonchev–Trinajstić information content (AvgIpc) is 2.11. The molecule has 1 rings (SSSR count). The second kappa shape index (κ2) is 4.42. The van der Waals surface area contributed by atoms with Crippen LogP contribution in [-0.2, 0) is 0 Å². The van der Waals surface area contributed by atoms with Crippen LogP contribution in [0.15, 0.2) is 12.1 Å². The number of carbonyl (C=O) groups excluding carboxylic acids is 1. The molecule has 0 aliphatic heterocycles. The molecule has 4 heteroatoms. The number of Topliss-reactive ketones (excluding diaryl/α,β-unsaturated/α-hetero) is 1. The SMILES string of the molecule is CCOc1cc(F)c(Cl)cc1C(C)=O. The first-order valence-electron chi connectivity index (χ1n) is 4.19. The first kappa shape index (κ1) is 11.0. The summed E-state index contributed by atoms with van der Waals surface area (Å²) in [5.74, 6) is -0.544. The average molecular weight is 217 g/mol. The van der Waals surface area contributed by atoms with Crippen LogP contribution in [0.4, 0.5) is 4.39 Å². The summed E-state index contributed by atoms with van der Waals surface area (Å²) in [5, 5.41) is -0.0707. The number of rotatable bonds is 3. The Morgan fingerprint density at radius 2 is 2.21 bits per heavy atom. The van der Waals surface area contributed by atoms with Crippen molar-refractivity contribution in [2.75, 3.05) is 6.61 Å². The van der Waals surface area contributed by atoms with Crippen molar-refractivity contribution >= 4 is 17.4 Å². The largest absolute Gasteiger partial charge is 0.493 e. The number of ether oxygens (including phenoxy) is 1. The Bertz CT molecular complexity index is 363. The summed E-state index contributed by atoms with van der Waals surface area (Å²) in [5.41, 5.74) is 0.304. The van der Waals surface area contributed by atoms with Crippen LogP contribution in [0.3, 0.4) is 0 Å². The molecular weight excluding hydrogens is 207 g/mol. The molecule has 0 atom stereocenters. The highest BCUT2D eigenvalue weighted by Crippen LogP contribution is 2.26. The summed E-state index contributed by atoms with van der Waals surface area (Å²) < 4.78 is 18.1. The molecule has 1 aromatic rings. The van der Waals surface area contributed by atoms with Gasteiger partial charge in [-0.1, -0.05) is 11.6 Å². The van der Waals surface area contributed by atoms with Crippen LogP contribution in [0.2, 0.25) is 5.02 Å². The Balaban J connectivity index is 3.24. The number of hydrogen-bond acceptors (Lipinski definition) is 2. The monoisotopic (exact) mass is 216 g/mol. The lowest BCUT2D eigenvalue weighted by molar-refractivity contribution is 0.101. The molecule has 0 amide bonds. The topological polar surface area (TPSA) is 26.3 Å². The van der Waals surface area contributed by atoms with Gasteiger partial charge in [0.15, 0.2) is 5.78 Å². The fourth-order valence-corrected chi connectivity index (χ4v) is 1.24. The normalized spacial score (nSPS) is 10.0. The van der Waals surface area contributed by atoms with Gasteiger partial charge in [0, 0.05) is 6.07 Å². The lowest BCUT2D eigenvalue weighted by Crippen LogP contribution is -2.01. The molecule has 0 spiro atoms. The molecule has 0 radical (unpaired) electrons. The summed E-state index contributed by atoms with van der Waals surface area (Å²) in [6.45, 7) is 3.52. The van der Waals surface area contributed by atoms with E-state index in [4.69, 9.17) is 16.3 Å². The van der Waals surface area contributed by atoms with Gasteiger partial charge in [0.2, 0.25) is 0 Å². The Morgan fingerprint density at radius 1 is 1.57 bits per heavy atom. The zero-order valence-corrected chi connectivity index (χ0v) is 8.69. The zero-order chi connectivity index (χ0) is 10.7. The number of hydrogen-bond donors (Lipinski definition) is 0. The number of ketones is 1. The molecule has 0 bridgehead atoms. The minimum atomic E-state index is -0.583. The molecule has 0 unspecified atom stereocenters. The Labute approximate surface area is 86.6 Å². The van der Waals surface area contributed by atoms with Gasteiger partial charge in [-0.05, 0) is 19.9 Å². The van der Waals surface area contributed by atoms with E-state index in [0.717, 1.165) is 6.07 Å². The van der Waals surface area contributed by atoms with Crippen LogP contribution in [0.1, 0.15) is 24.2 Å². The number of carbonyl (C=O) groups is 1.